The van der Waals surface area contributed by atoms with Gasteiger partial charge in [-0.15, -0.1) is 0 Å². The fourth-order valence-electron chi connectivity index (χ4n) is 4.31. The number of fused-ring (bicyclic) bond motifs is 2. The Hall–Kier alpha value is -3.18. The molecule has 5 rings (SSSR count). The second-order valence-corrected chi connectivity index (χ2v) is 10.9. The lowest BCUT2D eigenvalue weighted by molar-refractivity contribution is 0.00646. The SMILES string of the molecule is CC(C)(C)OC(=O)N1CCN(C[C@H]2COc3cc4ncnc(Nc5cccc(Br)c5F)c4cc3O2)CC1. The number of amides is 1. The number of piperazine rings is 1. The van der Waals surface area contributed by atoms with Crippen LogP contribution < -0.4 is 14.8 Å². The van der Waals surface area contributed by atoms with E-state index < -0.39 is 11.4 Å². The number of nitrogens with zero attached hydrogens (tertiary/aromatic N) is 4. The Labute approximate surface area is 223 Å². The number of halogens is 2. The molecule has 1 atom stereocenters. The lowest BCUT2D eigenvalue weighted by Gasteiger charge is -2.37. The predicted molar refractivity (Wildman–Crippen MR) is 141 cm³/mol. The normalized spacial score (nSPS) is 18.1. The molecule has 0 aliphatic carbocycles. The number of carbonyl (C=O) groups excluding carboxylic acids is 1. The molecule has 1 aromatic heterocycles. The predicted octanol–water partition coefficient (Wildman–Crippen LogP) is 4.97. The molecule has 3 aromatic rings. The molecule has 196 valence electrons. The molecular weight excluding hydrogens is 545 g/mol. The molecule has 3 heterocycles. The topological polar surface area (TPSA) is 89.1 Å². The molecule has 37 heavy (non-hydrogen) atoms. The quantitative estimate of drug-likeness (QED) is 0.468. The van der Waals surface area contributed by atoms with E-state index in [-0.39, 0.29) is 12.2 Å². The van der Waals surface area contributed by atoms with Gasteiger partial charge in [0.05, 0.1) is 15.7 Å². The van der Waals surface area contributed by atoms with Crippen LogP contribution in [0.4, 0.5) is 20.7 Å². The highest BCUT2D eigenvalue weighted by molar-refractivity contribution is 9.10. The first-order chi connectivity index (χ1) is 17.7. The largest absolute Gasteiger partial charge is 0.486 e. The van der Waals surface area contributed by atoms with Gasteiger partial charge in [-0.3, -0.25) is 4.90 Å². The summed E-state index contributed by atoms with van der Waals surface area (Å²) in [6.07, 6.45) is 0.970. The van der Waals surface area contributed by atoms with E-state index in [0.717, 1.165) is 13.1 Å². The van der Waals surface area contributed by atoms with Gasteiger partial charge in [0.15, 0.2) is 17.3 Å². The summed E-state index contributed by atoms with van der Waals surface area (Å²) in [6, 6.07) is 8.66. The number of hydrogen-bond donors (Lipinski definition) is 1. The van der Waals surface area contributed by atoms with Crippen molar-refractivity contribution in [2.45, 2.75) is 32.5 Å². The summed E-state index contributed by atoms with van der Waals surface area (Å²) in [5, 5.41) is 3.75. The Morgan fingerprint density at radius 3 is 2.73 bits per heavy atom. The van der Waals surface area contributed by atoms with E-state index in [2.05, 4.69) is 36.1 Å². The van der Waals surface area contributed by atoms with E-state index in [9.17, 15) is 9.18 Å². The molecule has 0 unspecified atom stereocenters. The van der Waals surface area contributed by atoms with Gasteiger partial charge in [-0.25, -0.2) is 19.2 Å². The van der Waals surface area contributed by atoms with Crippen LogP contribution in [0, 0.1) is 5.82 Å². The highest BCUT2D eigenvalue weighted by Crippen LogP contribution is 2.38. The average molecular weight is 574 g/mol. The molecule has 0 radical (unpaired) electrons. The number of anilines is 2. The van der Waals surface area contributed by atoms with Crippen LogP contribution in [-0.2, 0) is 4.74 Å². The third-order valence-corrected chi connectivity index (χ3v) is 6.72. The van der Waals surface area contributed by atoms with Gasteiger partial charge in [-0.05, 0) is 54.9 Å². The van der Waals surface area contributed by atoms with E-state index in [1.165, 1.54) is 6.33 Å². The Morgan fingerprint density at radius 2 is 1.97 bits per heavy atom. The Balaban J connectivity index is 1.26. The van der Waals surface area contributed by atoms with Crippen LogP contribution in [0.1, 0.15) is 20.8 Å². The molecule has 1 amide bonds. The zero-order chi connectivity index (χ0) is 26.2. The van der Waals surface area contributed by atoms with Crippen molar-refractivity contribution in [3.8, 4) is 11.5 Å². The minimum Gasteiger partial charge on any atom is -0.486 e. The van der Waals surface area contributed by atoms with E-state index in [0.29, 0.717) is 64.6 Å². The van der Waals surface area contributed by atoms with Crippen molar-refractivity contribution in [2.24, 2.45) is 0 Å². The van der Waals surface area contributed by atoms with Gasteiger partial charge >= 0.3 is 6.09 Å². The van der Waals surface area contributed by atoms with Crippen molar-refractivity contribution in [1.29, 1.82) is 0 Å². The van der Waals surface area contributed by atoms with Crippen LogP contribution in [0.15, 0.2) is 41.1 Å². The van der Waals surface area contributed by atoms with E-state index in [1.807, 2.05) is 32.9 Å². The second kappa shape index (κ2) is 10.3. The Morgan fingerprint density at radius 1 is 1.19 bits per heavy atom. The summed E-state index contributed by atoms with van der Waals surface area (Å²) in [7, 11) is 0. The first-order valence-electron chi connectivity index (χ1n) is 12.2. The highest BCUT2D eigenvalue weighted by Gasteiger charge is 2.29. The maximum Gasteiger partial charge on any atom is 0.410 e. The van der Waals surface area contributed by atoms with E-state index in [1.54, 1.807) is 23.1 Å². The van der Waals surface area contributed by atoms with E-state index >= 15 is 0 Å². The Kier molecular flexibility index (Phi) is 7.09. The number of aromatic nitrogens is 2. The second-order valence-electron chi connectivity index (χ2n) is 10.1. The minimum atomic E-state index is -0.508. The highest BCUT2D eigenvalue weighted by atomic mass is 79.9. The van der Waals surface area contributed by atoms with Crippen molar-refractivity contribution in [1.82, 2.24) is 19.8 Å². The molecule has 1 N–H and O–H groups in total. The first-order valence-corrected chi connectivity index (χ1v) is 12.9. The fourth-order valence-corrected chi connectivity index (χ4v) is 4.68. The lowest BCUT2D eigenvalue weighted by Crippen LogP contribution is -2.52. The molecule has 0 saturated carbocycles. The summed E-state index contributed by atoms with van der Waals surface area (Å²) in [6.45, 7) is 9.33. The Bertz CT molecular complexity index is 1310. The minimum absolute atomic E-state index is 0.179. The molecule has 1 saturated heterocycles. The van der Waals surface area contributed by atoms with Gasteiger partial charge in [-0.1, -0.05) is 6.07 Å². The smallest absolute Gasteiger partial charge is 0.410 e. The number of benzene rings is 2. The fraction of sp³-hybridized carbons (Fsp3) is 0.423. The molecular formula is C26H29BrFN5O4. The van der Waals surface area contributed by atoms with Crippen molar-refractivity contribution in [2.75, 3.05) is 44.6 Å². The average Bonchev–Trinajstić information content (AvgIpc) is 2.85. The third-order valence-electron chi connectivity index (χ3n) is 6.11. The molecule has 0 bridgehead atoms. The van der Waals surface area contributed by atoms with Crippen LogP contribution in [0.5, 0.6) is 11.5 Å². The van der Waals surface area contributed by atoms with Crippen LogP contribution >= 0.6 is 15.9 Å². The van der Waals surface area contributed by atoms with Crippen LogP contribution in [0.3, 0.4) is 0 Å². The summed E-state index contributed by atoms with van der Waals surface area (Å²) in [5.41, 5.74) is 0.450. The standard InChI is InChI=1S/C26H29BrFN5O4/c1-26(2,3)37-25(34)33-9-7-32(8-10-33)13-16-14-35-21-12-20-17(11-22(21)36-16)24(30-15-29-20)31-19-6-4-5-18(27)23(19)28/h4-6,11-12,15-16H,7-10,13-14H2,1-3H3,(H,29,30,31)/t16-/m0/s1. The number of hydrogen-bond acceptors (Lipinski definition) is 8. The molecule has 11 heteroatoms. The van der Waals surface area contributed by atoms with Crippen LogP contribution in [0.2, 0.25) is 0 Å². The maximum atomic E-state index is 14.5. The molecule has 0 spiro atoms. The summed E-state index contributed by atoms with van der Waals surface area (Å²) in [4.78, 5) is 25.0. The van der Waals surface area contributed by atoms with Gasteiger partial charge in [-0.2, -0.15) is 0 Å². The van der Waals surface area contributed by atoms with Crippen molar-refractivity contribution >= 4 is 44.4 Å². The zero-order valence-electron chi connectivity index (χ0n) is 21.0. The summed E-state index contributed by atoms with van der Waals surface area (Å²) in [5.74, 6) is 1.26. The lowest BCUT2D eigenvalue weighted by atomic mass is 10.1. The first kappa shape index (κ1) is 25.5. The number of carbonyl (C=O) groups is 1. The molecule has 2 aromatic carbocycles. The molecule has 2 aliphatic heterocycles. The number of rotatable bonds is 4. The summed E-state index contributed by atoms with van der Waals surface area (Å²) >= 11 is 3.21. The molecule has 2 aliphatic rings. The van der Waals surface area contributed by atoms with Gasteiger partial charge < -0.3 is 24.4 Å². The molecule has 9 nitrogen and oxygen atoms in total. The van der Waals surface area contributed by atoms with Gasteiger partial charge in [0, 0.05) is 44.2 Å². The number of ether oxygens (including phenoxy) is 3. The van der Waals surface area contributed by atoms with Crippen molar-refractivity contribution in [3.05, 3.63) is 46.9 Å². The van der Waals surface area contributed by atoms with Gasteiger partial charge in [0.1, 0.15) is 30.5 Å². The van der Waals surface area contributed by atoms with Crippen LogP contribution in [-0.4, -0.2) is 76.9 Å². The monoisotopic (exact) mass is 573 g/mol. The molecule has 1 fully saturated rings. The maximum absolute atomic E-state index is 14.5. The van der Waals surface area contributed by atoms with Crippen LogP contribution in [0.25, 0.3) is 10.9 Å². The van der Waals surface area contributed by atoms with Crippen molar-refractivity contribution < 1.29 is 23.4 Å². The third kappa shape index (κ3) is 5.88. The van der Waals surface area contributed by atoms with Crippen molar-refractivity contribution in [3.63, 3.8) is 0 Å². The number of nitrogens with one attached hydrogen (secondary N) is 1. The van der Waals surface area contributed by atoms with Gasteiger partial charge in [0.25, 0.3) is 0 Å². The summed E-state index contributed by atoms with van der Waals surface area (Å²) < 4.78 is 32.7. The zero-order valence-corrected chi connectivity index (χ0v) is 22.5. The van der Waals surface area contributed by atoms with Gasteiger partial charge in [0.2, 0.25) is 0 Å². The van der Waals surface area contributed by atoms with E-state index in [4.69, 9.17) is 14.2 Å².